The normalized spacial score (nSPS) is 20.4. The number of hydrogen-bond donors (Lipinski definition) is 1. The first-order chi connectivity index (χ1) is 10.2. The van der Waals surface area contributed by atoms with E-state index in [0.717, 1.165) is 30.7 Å². The van der Waals surface area contributed by atoms with Crippen molar-refractivity contribution in [1.29, 1.82) is 0 Å². The van der Waals surface area contributed by atoms with Gasteiger partial charge < -0.3 is 5.73 Å². The van der Waals surface area contributed by atoms with Gasteiger partial charge in [-0.3, -0.25) is 0 Å². The molecule has 2 aliphatic carbocycles. The fourth-order valence-electron chi connectivity index (χ4n) is 3.71. The zero-order valence-electron chi connectivity index (χ0n) is 11.9. The molecule has 2 heteroatoms. The summed E-state index contributed by atoms with van der Waals surface area (Å²) in [4.78, 5) is 0. The van der Waals surface area contributed by atoms with Gasteiger partial charge in [0.15, 0.2) is 0 Å². The van der Waals surface area contributed by atoms with Crippen LogP contribution in [0.25, 0.3) is 11.1 Å². The molecule has 1 nitrogen and oxygen atoms in total. The highest BCUT2D eigenvalue weighted by molar-refractivity contribution is 6.30. The van der Waals surface area contributed by atoms with Crippen molar-refractivity contribution in [2.45, 2.75) is 31.7 Å². The SMILES string of the molecule is NC1CCC2=C(C1)c1ccccc1Cc1cc(Cl)ccc12. The Bertz CT molecular complexity index is 745. The van der Waals surface area contributed by atoms with Crippen molar-refractivity contribution in [3.05, 3.63) is 69.7 Å². The van der Waals surface area contributed by atoms with Crippen molar-refractivity contribution >= 4 is 22.7 Å². The van der Waals surface area contributed by atoms with Crippen LogP contribution in [0.3, 0.4) is 0 Å². The minimum atomic E-state index is 0.283. The first kappa shape index (κ1) is 13.1. The summed E-state index contributed by atoms with van der Waals surface area (Å²) < 4.78 is 0. The molecule has 0 saturated heterocycles. The van der Waals surface area contributed by atoms with Crippen LogP contribution in [0.2, 0.25) is 5.02 Å². The summed E-state index contributed by atoms with van der Waals surface area (Å²) in [6, 6.07) is 15.3. The molecule has 1 atom stereocenters. The summed E-state index contributed by atoms with van der Waals surface area (Å²) in [6.45, 7) is 0. The lowest BCUT2D eigenvalue weighted by Gasteiger charge is -2.25. The van der Waals surface area contributed by atoms with Crippen molar-refractivity contribution in [3.63, 3.8) is 0 Å². The van der Waals surface area contributed by atoms with Gasteiger partial charge in [-0.05, 0) is 71.2 Å². The van der Waals surface area contributed by atoms with Crippen molar-refractivity contribution in [2.75, 3.05) is 0 Å². The van der Waals surface area contributed by atoms with E-state index in [2.05, 4.69) is 36.4 Å². The molecule has 0 aliphatic heterocycles. The number of nitrogens with two attached hydrogens (primary N) is 1. The summed E-state index contributed by atoms with van der Waals surface area (Å²) >= 11 is 6.22. The summed E-state index contributed by atoms with van der Waals surface area (Å²) in [5.41, 5.74) is 14.7. The van der Waals surface area contributed by atoms with Crippen LogP contribution < -0.4 is 5.73 Å². The molecule has 0 radical (unpaired) electrons. The van der Waals surface area contributed by atoms with Crippen LogP contribution in [-0.4, -0.2) is 6.04 Å². The third kappa shape index (κ3) is 2.21. The van der Waals surface area contributed by atoms with Gasteiger partial charge in [-0.15, -0.1) is 0 Å². The maximum absolute atomic E-state index is 6.24. The molecule has 0 aromatic heterocycles. The molecule has 0 saturated carbocycles. The van der Waals surface area contributed by atoms with E-state index < -0.39 is 0 Å². The van der Waals surface area contributed by atoms with Gasteiger partial charge >= 0.3 is 0 Å². The fourth-order valence-corrected chi connectivity index (χ4v) is 3.91. The number of allylic oxidation sites excluding steroid dienone is 1. The zero-order chi connectivity index (χ0) is 14.4. The van der Waals surface area contributed by atoms with Crippen LogP contribution in [0.5, 0.6) is 0 Å². The van der Waals surface area contributed by atoms with Gasteiger partial charge in [-0.2, -0.15) is 0 Å². The van der Waals surface area contributed by atoms with Crippen molar-refractivity contribution < 1.29 is 0 Å². The smallest absolute Gasteiger partial charge is 0.0409 e. The molecular formula is C19H18ClN. The molecule has 2 N–H and O–H groups in total. The van der Waals surface area contributed by atoms with Crippen LogP contribution in [-0.2, 0) is 6.42 Å². The van der Waals surface area contributed by atoms with Crippen LogP contribution >= 0.6 is 11.6 Å². The van der Waals surface area contributed by atoms with E-state index in [1.807, 2.05) is 6.07 Å². The second-order valence-electron chi connectivity index (χ2n) is 6.10. The average Bonchev–Trinajstić information content (AvgIpc) is 2.61. The summed E-state index contributed by atoms with van der Waals surface area (Å²) in [7, 11) is 0. The molecular weight excluding hydrogens is 278 g/mol. The first-order valence-corrected chi connectivity index (χ1v) is 7.95. The largest absolute Gasteiger partial charge is 0.327 e. The number of hydrogen-bond acceptors (Lipinski definition) is 1. The zero-order valence-corrected chi connectivity index (χ0v) is 12.7. The van der Waals surface area contributed by atoms with Gasteiger partial charge in [-0.1, -0.05) is 41.9 Å². The van der Waals surface area contributed by atoms with E-state index in [1.165, 1.54) is 33.4 Å². The summed E-state index contributed by atoms with van der Waals surface area (Å²) in [5.74, 6) is 0. The molecule has 21 heavy (non-hydrogen) atoms. The maximum Gasteiger partial charge on any atom is 0.0409 e. The Labute approximate surface area is 130 Å². The maximum atomic E-state index is 6.24. The lowest BCUT2D eigenvalue weighted by Crippen LogP contribution is -2.23. The summed E-state index contributed by atoms with van der Waals surface area (Å²) in [5, 5.41) is 0.822. The van der Waals surface area contributed by atoms with Gasteiger partial charge in [0.1, 0.15) is 0 Å². The molecule has 0 amide bonds. The van der Waals surface area contributed by atoms with E-state index >= 15 is 0 Å². The highest BCUT2D eigenvalue weighted by Gasteiger charge is 2.26. The highest BCUT2D eigenvalue weighted by Crippen LogP contribution is 2.43. The molecule has 0 heterocycles. The Morgan fingerprint density at radius 3 is 2.67 bits per heavy atom. The second-order valence-corrected chi connectivity index (χ2v) is 6.53. The van der Waals surface area contributed by atoms with Gasteiger partial charge in [0.2, 0.25) is 0 Å². The molecule has 2 aromatic rings. The molecule has 0 bridgehead atoms. The fraction of sp³-hybridized carbons (Fsp3) is 0.263. The highest BCUT2D eigenvalue weighted by atomic mass is 35.5. The Morgan fingerprint density at radius 1 is 0.952 bits per heavy atom. The minimum Gasteiger partial charge on any atom is -0.327 e. The average molecular weight is 296 g/mol. The van der Waals surface area contributed by atoms with Crippen LogP contribution in [0.15, 0.2) is 42.5 Å². The van der Waals surface area contributed by atoms with E-state index in [0.29, 0.717) is 0 Å². The third-order valence-corrected chi connectivity index (χ3v) is 4.95. The van der Waals surface area contributed by atoms with Crippen molar-refractivity contribution in [3.8, 4) is 0 Å². The lowest BCUT2D eigenvalue weighted by molar-refractivity contribution is 0.624. The molecule has 106 valence electrons. The number of fused-ring (bicyclic) bond motifs is 4. The predicted molar refractivity (Wildman–Crippen MR) is 89.3 cm³/mol. The molecule has 0 spiro atoms. The topological polar surface area (TPSA) is 26.0 Å². The molecule has 0 fully saturated rings. The van der Waals surface area contributed by atoms with Gasteiger partial charge in [0.25, 0.3) is 0 Å². The van der Waals surface area contributed by atoms with E-state index in [4.69, 9.17) is 17.3 Å². The van der Waals surface area contributed by atoms with Crippen LogP contribution in [0, 0.1) is 0 Å². The molecule has 4 rings (SSSR count). The molecule has 2 aliphatic rings. The Hall–Kier alpha value is -1.57. The van der Waals surface area contributed by atoms with Gasteiger partial charge in [0, 0.05) is 11.1 Å². The Kier molecular flexibility index (Phi) is 3.13. The quantitative estimate of drug-likeness (QED) is 0.751. The number of halogens is 1. The minimum absolute atomic E-state index is 0.283. The van der Waals surface area contributed by atoms with E-state index in [-0.39, 0.29) is 6.04 Å². The number of rotatable bonds is 0. The van der Waals surface area contributed by atoms with Crippen molar-refractivity contribution in [2.24, 2.45) is 5.73 Å². The first-order valence-electron chi connectivity index (χ1n) is 7.57. The van der Waals surface area contributed by atoms with Crippen LogP contribution in [0.1, 0.15) is 41.5 Å². The second kappa shape index (κ2) is 5.01. The monoisotopic (exact) mass is 295 g/mol. The van der Waals surface area contributed by atoms with Crippen LogP contribution in [0.4, 0.5) is 0 Å². The summed E-state index contributed by atoms with van der Waals surface area (Å²) in [6.07, 6.45) is 4.07. The molecule has 1 unspecified atom stereocenters. The predicted octanol–water partition coefficient (Wildman–Crippen LogP) is 4.67. The Balaban J connectivity index is 2.01. The van der Waals surface area contributed by atoms with Gasteiger partial charge in [-0.25, -0.2) is 0 Å². The van der Waals surface area contributed by atoms with E-state index in [1.54, 1.807) is 0 Å². The van der Waals surface area contributed by atoms with E-state index in [9.17, 15) is 0 Å². The molecule has 2 aromatic carbocycles. The third-order valence-electron chi connectivity index (χ3n) is 4.71. The lowest BCUT2D eigenvalue weighted by atomic mass is 9.82. The van der Waals surface area contributed by atoms with Crippen molar-refractivity contribution in [1.82, 2.24) is 0 Å². The number of benzene rings is 2. The van der Waals surface area contributed by atoms with Gasteiger partial charge in [0.05, 0.1) is 0 Å². The standard InChI is InChI=1S/C19H18ClN/c20-14-5-7-17-13(10-14)9-12-3-1-2-4-16(12)19-11-15(21)6-8-18(17)19/h1-5,7,10,15H,6,8-9,11,21H2. The Morgan fingerprint density at radius 2 is 1.76 bits per heavy atom.